The molecule has 0 aromatic heterocycles. The summed E-state index contributed by atoms with van der Waals surface area (Å²) in [5.41, 5.74) is -0.355. The fraction of sp³-hybridized carbons (Fsp3) is 0.280. The number of fused-ring (bicyclic) bond motifs is 5. The number of hydrazine groups is 1. The normalized spacial score (nSPS) is 27.7. The molecular weight excluding hydrogens is 667 g/mol. The third-order valence-corrected chi connectivity index (χ3v) is 11.7. The van der Waals surface area contributed by atoms with Gasteiger partial charge in [0.25, 0.3) is 23.4 Å². The summed E-state index contributed by atoms with van der Waals surface area (Å²) in [7, 11) is 1.44. The smallest absolute Gasteiger partial charge is 0.273 e. The molecule has 0 unspecified atom stereocenters. The van der Waals surface area contributed by atoms with Crippen LogP contribution in [-0.4, -0.2) is 66.2 Å². The number of carbonyl (C=O) groups excluding carboxylic acids is 4. The van der Waals surface area contributed by atoms with E-state index in [1.54, 1.807) is 0 Å². The average Bonchev–Trinajstić information content (AvgIpc) is 3.34. The summed E-state index contributed by atoms with van der Waals surface area (Å²) in [4.78, 5) is 61.0. The van der Waals surface area contributed by atoms with Crippen LogP contribution in [0.2, 0.25) is 0 Å². The quantitative estimate of drug-likeness (QED) is 0.128. The van der Waals surface area contributed by atoms with Crippen molar-refractivity contribution in [1.29, 1.82) is 0 Å². The Morgan fingerprint density at radius 3 is 1.80 bits per heavy atom. The van der Waals surface area contributed by atoms with Crippen LogP contribution in [0.25, 0.3) is 0 Å². The number of hydrogen-bond donors (Lipinski definition) is 0. The highest BCUT2D eigenvalue weighted by Gasteiger charge is 2.88. The van der Waals surface area contributed by atoms with Gasteiger partial charge in [0.15, 0.2) is 10.1 Å². The van der Waals surface area contributed by atoms with Gasteiger partial charge >= 0.3 is 0 Å². The molecule has 0 spiro atoms. The van der Waals surface area contributed by atoms with Crippen LogP contribution in [0.4, 0.5) is 5.69 Å². The van der Waals surface area contributed by atoms with Gasteiger partial charge in [-0.3, -0.25) is 29.3 Å². The number of nitro groups is 1. The molecule has 1 saturated heterocycles. The van der Waals surface area contributed by atoms with E-state index >= 15 is 0 Å². The molecule has 3 amide bonds. The molecule has 4 atom stereocenters. The number of amides is 3. The second-order valence-corrected chi connectivity index (χ2v) is 12.7. The molecule has 2 fully saturated rings. The third-order valence-electron chi connectivity index (χ3n) is 7.39. The molecule has 5 rings (SSSR count). The van der Waals surface area contributed by atoms with Crippen LogP contribution in [0.5, 0.6) is 5.75 Å². The number of rotatable bonds is 7. The van der Waals surface area contributed by atoms with Crippen molar-refractivity contribution < 1.29 is 28.8 Å². The summed E-state index contributed by atoms with van der Waals surface area (Å²) in [6, 6.07) is 10.2. The topological polar surface area (TPSA) is 127 Å². The van der Waals surface area contributed by atoms with E-state index in [-0.39, 0.29) is 26.9 Å². The van der Waals surface area contributed by atoms with Gasteiger partial charge in [-0.1, -0.05) is 46.4 Å². The highest BCUT2D eigenvalue weighted by atomic mass is 35.5. The number of non-ortho nitro benzene ring substituents is 1. The number of nitrogens with zero attached hydrogens (tertiary/aromatic N) is 3. The van der Waals surface area contributed by atoms with E-state index in [9.17, 15) is 29.3 Å². The molecule has 41 heavy (non-hydrogen) atoms. The number of ether oxygens (including phenoxy) is 1. The van der Waals surface area contributed by atoms with Crippen molar-refractivity contribution in [3.8, 4) is 5.75 Å². The van der Waals surface area contributed by atoms with E-state index in [0.717, 1.165) is 24.3 Å². The molecule has 2 bridgehead atoms. The van der Waals surface area contributed by atoms with Crippen LogP contribution in [0.1, 0.15) is 20.7 Å². The summed E-state index contributed by atoms with van der Waals surface area (Å²) >= 11 is 39.3. The van der Waals surface area contributed by atoms with Gasteiger partial charge in [-0.05, 0) is 36.4 Å². The van der Waals surface area contributed by atoms with E-state index in [0.29, 0.717) is 15.8 Å². The van der Waals surface area contributed by atoms with Crippen LogP contribution < -0.4 is 4.74 Å². The van der Waals surface area contributed by atoms with Crippen molar-refractivity contribution >= 4 is 98.8 Å². The molecule has 3 aliphatic rings. The number of hydrogen-bond acceptors (Lipinski definition) is 7. The summed E-state index contributed by atoms with van der Waals surface area (Å²) in [5, 5.41) is 11.5. The maximum absolute atomic E-state index is 13.9. The van der Waals surface area contributed by atoms with Crippen LogP contribution in [0, 0.1) is 22.0 Å². The molecule has 1 heterocycles. The van der Waals surface area contributed by atoms with Gasteiger partial charge < -0.3 is 4.74 Å². The second-order valence-electron chi connectivity index (χ2n) is 9.39. The number of halogens is 6. The van der Waals surface area contributed by atoms with Gasteiger partial charge in [0, 0.05) is 23.3 Å². The number of ketones is 1. The van der Waals surface area contributed by atoms with Crippen LogP contribution in [0.3, 0.4) is 0 Å². The van der Waals surface area contributed by atoms with E-state index in [4.69, 9.17) is 74.3 Å². The Hall–Kier alpha value is -2.60. The lowest BCUT2D eigenvalue weighted by atomic mass is 9.84. The number of imide groups is 1. The van der Waals surface area contributed by atoms with Crippen molar-refractivity contribution in [3.05, 3.63) is 79.8 Å². The summed E-state index contributed by atoms with van der Waals surface area (Å²) < 4.78 is 2.89. The van der Waals surface area contributed by atoms with Crippen LogP contribution in [0.15, 0.2) is 58.6 Å². The molecule has 2 aromatic rings. The van der Waals surface area contributed by atoms with Gasteiger partial charge in [0.2, 0.25) is 0 Å². The largest absolute Gasteiger partial charge is 0.497 e. The number of Topliss-reactive ketones (excluding diaryl/α,β-unsaturated/α-hetero) is 1. The minimum atomic E-state index is -2.20. The lowest BCUT2D eigenvalue weighted by molar-refractivity contribution is -0.384. The molecule has 10 nitrogen and oxygen atoms in total. The molecule has 2 aliphatic carbocycles. The standard InChI is InChI=1S/C25H15Cl6N3O7/c1-41-14-8-4-11(5-9-14)15(35)10-32(20(36)12-2-6-13(7-3-12)34(39)40)33-21(37)16-17(22(33)38)24(29)19(27)18(26)23(16,28)25(24,30)31/h2-9,16-17H,10H2,1H3/t16-,17-,23+,24+/m0/s1. The Labute approximate surface area is 261 Å². The van der Waals surface area contributed by atoms with Crippen molar-refractivity contribution in [2.75, 3.05) is 13.7 Å². The first kappa shape index (κ1) is 29.9. The SMILES string of the molecule is COc1ccc(C(=O)CN(C(=O)c2ccc([N+](=O)[O-])cc2)N2C(=O)[C@@H]3[C@@H](C2=O)[C@@]2(Cl)C(Cl)=C(Cl)[C@@]3(Cl)C2(Cl)Cl)cc1. The van der Waals surface area contributed by atoms with Gasteiger partial charge in [-0.25, -0.2) is 5.01 Å². The fourth-order valence-electron chi connectivity index (χ4n) is 5.33. The molecule has 1 saturated carbocycles. The van der Waals surface area contributed by atoms with Crippen molar-refractivity contribution in [2.45, 2.75) is 14.1 Å². The number of methoxy groups -OCH3 is 1. The Kier molecular flexibility index (Phi) is 7.29. The number of carbonyl (C=O) groups is 4. The number of nitro benzene ring substituents is 1. The second kappa shape index (κ2) is 10.00. The molecule has 0 N–H and O–H groups in total. The lowest BCUT2D eigenvalue weighted by Gasteiger charge is -2.36. The van der Waals surface area contributed by atoms with E-state index in [1.807, 2.05) is 0 Å². The van der Waals surface area contributed by atoms with Crippen LogP contribution >= 0.6 is 69.6 Å². The first-order valence-corrected chi connectivity index (χ1v) is 13.8. The zero-order valence-electron chi connectivity index (χ0n) is 20.4. The average molecular weight is 682 g/mol. The fourth-order valence-corrected chi connectivity index (χ4v) is 8.26. The van der Waals surface area contributed by atoms with Crippen molar-refractivity contribution in [3.63, 3.8) is 0 Å². The Bertz CT molecular complexity index is 1520. The third kappa shape index (κ3) is 3.92. The molecule has 1 aliphatic heterocycles. The van der Waals surface area contributed by atoms with E-state index < -0.39 is 60.9 Å². The summed E-state index contributed by atoms with van der Waals surface area (Å²) in [6.07, 6.45) is 0. The maximum atomic E-state index is 13.9. The van der Waals surface area contributed by atoms with E-state index in [1.165, 1.54) is 31.4 Å². The molecule has 2 aromatic carbocycles. The zero-order valence-corrected chi connectivity index (χ0v) is 25.0. The number of benzene rings is 2. The first-order valence-electron chi connectivity index (χ1n) is 11.6. The first-order chi connectivity index (χ1) is 19.1. The molecular formula is C25H15Cl6N3O7. The Morgan fingerprint density at radius 2 is 1.37 bits per heavy atom. The Balaban J connectivity index is 1.58. The lowest BCUT2D eigenvalue weighted by Crippen LogP contribution is -2.56. The van der Waals surface area contributed by atoms with E-state index in [2.05, 4.69) is 0 Å². The number of alkyl halides is 4. The minimum absolute atomic E-state index is 0.127. The summed E-state index contributed by atoms with van der Waals surface area (Å²) in [5.74, 6) is -6.42. The van der Waals surface area contributed by atoms with Gasteiger partial charge in [0.1, 0.15) is 22.0 Å². The van der Waals surface area contributed by atoms with Gasteiger partial charge in [-0.2, -0.15) is 5.01 Å². The van der Waals surface area contributed by atoms with Crippen LogP contribution in [-0.2, 0) is 9.59 Å². The highest BCUT2D eigenvalue weighted by molar-refractivity contribution is 6.66. The predicted octanol–water partition coefficient (Wildman–Crippen LogP) is 5.29. The van der Waals surface area contributed by atoms with Gasteiger partial charge in [0.05, 0.1) is 33.9 Å². The van der Waals surface area contributed by atoms with Gasteiger partial charge in [-0.15, -0.1) is 23.2 Å². The summed E-state index contributed by atoms with van der Waals surface area (Å²) in [6.45, 7) is -0.800. The maximum Gasteiger partial charge on any atom is 0.273 e. The monoisotopic (exact) mass is 679 g/mol. The predicted molar refractivity (Wildman–Crippen MR) is 151 cm³/mol. The van der Waals surface area contributed by atoms with Crippen molar-refractivity contribution in [2.24, 2.45) is 11.8 Å². The highest BCUT2D eigenvalue weighted by Crippen LogP contribution is 2.77. The number of allylic oxidation sites excluding steroid dienone is 2. The minimum Gasteiger partial charge on any atom is -0.497 e. The molecule has 0 radical (unpaired) electrons. The molecule has 16 heteroatoms. The molecule has 214 valence electrons. The Morgan fingerprint density at radius 1 is 0.902 bits per heavy atom. The zero-order chi connectivity index (χ0) is 30.2. The van der Waals surface area contributed by atoms with Crippen molar-refractivity contribution in [1.82, 2.24) is 10.0 Å².